The Morgan fingerprint density at radius 2 is 2.50 bits per heavy atom. The minimum atomic E-state index is 0.556. The summed E-state index contributed by atoms with van der Waals surface area (Å²) in [4.78, 5) is 2.31. The van der Waals surface area contributed by atoms with Gasteiger partial charge in [0.1, 0.15) is 0 Å². The Kier molecular flexibility index (Phi) is 2.69. The maximum absolute atomic E-state index is 2.31. The summed E-state index contributed by atoms with van der Waals surface area (Å²) in [5.74, 6) is 0. The standard InChI is InChI=1S/C9H15N/c1-3-4-6-9-7-5-8-10(9)2/h4-7,9H,3,8H2,1-2H3/b6-4+. The molecule has 0 spiro atoms. The second kappa shape index (κ2) is 3.57. The molecule has 1 aliphatic heterocycles. The van der Waals surface area contributed by atoms with Crippen LogP contribution in [0.15, 0.2) is 24.3 Å². The molecule has 0 saturated heterocycles. The molecule has 0 aliphatic carbocycles. The van der Waals surface area contributed by atoms with Crippen molar-refractivity contribution in [3.63, 3.8) is 0 Å². The molecular formula is C9H15N. The molecule has 0 saturated carbocycles. The predicted octanol–water partition coefficient (Wildman–Crippen LogP) is 1.82. The maximum atomic E-state index is 2.31. The average Bonchev–Trinajstić information content (AvgIpc) is 2.31. The molecule has 0 amide bonds. The molecule has 0 radical (unpaired) electrons. The van der Waals surface area contributed by atoms with Crippen LogP contribution in [0.4, 0.5) is 0 Å². The lowest BCUT2D eigenvalue weighted by Crippen LogP contribution is -2.23. The van der Waals surface area contributed by atoms with E-state index < -0.39 is 0 Å². The largest absolute Gasteiger partial charge is 0.293 e. The van der Waals surface area contributed by atoms with Crippen LogP contribution in [0, 0.1) is 0 Å². The van der Waals surface area contributed by atoms with E-state index in [4.69, 9.17) is 0 Å². The monoisotopic (exact) mass is 137 g/mol. The fraction of sp³-hybridized carbons (Fsp3) is 0.556. The van der Waals surface area contributed by atoms with E-state index in [0.717, 1.165) is 13.0 Å². The van der Waals surface area contributed by atoms with Gasteiger partial charge in [0.2, 0.25) is 0 Å². The molecule has 0 aromatic rings. The van der Waals surface area contributed by atoms with Crippen LogP contribution in [0.3, 0.4) is 0 Å². The van der Waals surface area contributed by atoms with Crippen LogP contribution in [-0.4, -0.2) is 24.5 Å². The molecule has 56 valence electrons. The molecule has 0 N–H and O–H groups in total. The number of nitrogens with zero attached hydrogens (tertiary/aromatic N) is 1. The van der Waals surface area contributed by atoms with Gasteiger partial charge in [-0.2, -0.15) is 0 Å². The SMILES string of the molecule is CC/C=C/C1C=CCN1C. The van der Waals surface area contributed by atoms with Crippen LogP contribution in [0.2, 0.25) is 0 Å². The average molecular weight is 137 g/mol. The zero-order valence-electron chi connectivity index (χ0n) is 6.75. The van der Waals surface area contributed by atoms with E-state index in [1.54, 1.807) is 0 Å². The molecule has 1 heteroatoms. The topological polar surface area (TPSA) is 3.24 Å². The molecule has 1 nitrogen and oxygen atoms in total. The normalized spacial score (nSPS) is 26.8. The van der Waals surface area contributed by atoms with E-state index in [9.17, 15) is 0 Å². The highest BCUT2D eigenvalue weighted by atomic mass is 15.1. The fourth-order valence-corrected chi connectivity index (χ4v) is 1.12. The van der Waals surface area contributed by atoms with Crippen LogP contribution < -0.4 is 0 Å². The fourth-order valence-electron chi connectivity index (χ4n) is 1.12. The van der Waals surface area contributed by atoms with Gasteiger partial charge >= 0.3 is 0 Å². The number of rotatable bonds is 2. The summed E-state index contributed by atoms with van der Waals surface area (Å²) < 4.78 is 0. The molecule has 10 heavy (non-hydrogen) atoms. The first-order chi connectivity index (χ1) is 4.84. The van der Waals surface area contributed by atoms with Crippen LogP contribution in [0.5, 0.6) is 0 Å². The number of likely N-dealkylation sites (N-methyl/N-ethyl adjacent to an activating group) is 1. The van der Waals surface area contributed by atoms with Crippen molar-refractivity contribution >= 4 is 0 Å². The third kappa shape index (κ3) is 1.71. The van der Waals surface area contributed by atoms with Gasteiger partial charge < -0.3 is 0 Å². The van der Waals surface area contributed by atoms with Gasteiger partial charge in [-0.3, -0.25) is 4.90 Å². The Labute approximate surface area is 63.0 Å². The summed E-state index contributed by atoms with van der Waals surface area (Å²) >= 11 is 0. The van der Waals surface area contributed by atoms with Gasteiger partial charge in [0.25, 0.3) is 0 Å². The summed E-state index contributed by atoms with van der Waals surface area (Å²) in [6.07, 6.45) is 10.1. The van der Waals surface area contributed by atoms with Gasteiger partial charge in [-0.1, -0.05) is 31.2 Å². The second-order valence-electron chi connectivity index (χ2n) is 2.69. The highest BCUT2D eigenvalue weighted by Gasteiger charge is 2.10. The molecule has 1 aliphatic rings. The van der Waals surface area contributed by atoms with Crippen LogP contribution in [0.25, 0.3) is 0 Å². The summed E-state index contributed by atoms with van der Waals surface area (Å²) in [6.45, 7) is 3.26. The molecular weight excluding hydrogens is 122 g/mol. The zero-order chi connectivity index (χ0) is 7.40. The van der Waals surface area contributed by atoms with Crippen LogP contribution in [0.1, 0.15) is 13.3 Å². The highest BCUT2D eigenvalue weighted by molar-refractivity contribution is 5.12. The minimum Gasteiger partial charge on any atom is -0.293 e. The van der Waals surface area contributed by atoms with E-state index >= 15 is 0 Å². The summed E-state index contributed by atoms with van der Waals surface area (Å²) in [5.41, 5.74) is 0. The first-order valence-corrected chi connectivity index (χ1v) is 3.88. The van der Waals surface area contributed by atoms with Gasteiger partial charge in [0.15, 0.2) is 0 Å². The van der Waals surface area contributed by atoms with Crippen molar-refractivity contribution in [2.45, 2.75) is 19.4 Å². The molecule has 0 bridgehead atoms. The zero-order valence-corrected chi connectivity index (χ0v) is 6.75. The summed E-state index contributed by atoms with van der Waals surface area (Å²) in [5, 5.41) is 0. The first-order valence-electron chi connectivity index (χ1n) is 3.88. The van der Waals surface area contributed by atoms with E-state index in [2.05, 4.69) is 43.2 Å². The third-order valence-corrected chi connectivity index (χ3v) is 1.80. The van der Waals surface area contributed by atoms with Crippen molar-refractivity contribution in [1.29, 1.82) is 0 Å². The van der Waals surface area contributed by atoms with Gasteiger partial charge in [-0.05, 0) is 13.5 Å². The molecule has 1 heterocycles. The van der Waals surface area contributed by atoms with Crippen molar-refractivity contribution in [2.75, 3.05) is 13.6 Å². The van der Waals surface area contributed by atoms with Crippen molar-refractivity contribution in [1.82, 2.24) is 4.90 Å². The number of hydrogen-bond acceptors (Lipinski definition) is 1. The van der Waals surface area contributed by atoms with Crippen molar-refractivity contribution in [3.05, 3.63) is 24.3 Å². The van der Waals surface area contributed by atoms with Gasteiger partial charge in [-0.15, -0.1) is 0 Å². The first kappa shape index (κ1) is 7.55. The third-order valence-electron chi connectivity index (χ3n) is 1.80. The lowest BCUT2D eigenvalue weighted by molar-refractivity contribution is 0.376. The van der Waals surface area contributed by atoms with Crippen LogP contribution in [-0.2, 0) is 0 Å². The highest BCUT2D eigenvalue weighted by Crippen LogP contribution is 2.07. The lowest BCUT2D eigenvalue weighted by atomic mass is 10.2. The van der Waals surface area contributed by atoms with Gasteiger partial charge in [-0.25, -0.2) is 0 Å². The predicted molar refractivity (Wildman–Crippen MR) is 45.0 cm³/mol. The Morgan fingerprint density at radius 1 is 1.70 bits per heavy atom. The molecule has 1 atom stereocenters. The summed E-state index contributed by atoms with van der Waals surface area (Å²) in [7, 11) is 2.14. The molecule has 0 aromatic carbocycles. The Hall–Kier alpha value is -0.560. The Morgan fingerprint density at radius 3 is 3.00 bits per heavy atom. The van der Waals surface area contributed by atoms with Crippen molar-refractivity contribution < 1.29 is 0 Å². The number of allylic oxidation sites excluding steroid dienone is 1. The molecule has 1 rings (SSSR count). The van der Waals surface area contributed by atoms with Crippen LogP contribution >= 0.6 is 0 Å². The number of hydrogen-bond donors (Lipinski definition) is 0. The van der Waals surface area contributed by atoms with Gasteiger partial charge in [0.05, 0.1) is 0 Å². The Balaban J connectivity index is 2.40. The second-order valence-corrected chi connectivity index (χ2v) is 2.69. The van der Waals surface area contributed by atoms with E-state index in [1.807, 2.05) is 0 Å². The summed E-state index contributed by atoms with van der Waals surface area (Å²) in [6, 6.07) is 0.556. The van der Waals surface area contributed by atoms with Crippen molar-refractivity contribution in [3.8, 4) is 0 Å². The lowest BCUT2D eigenvalue weighted by Gasteiger charge is -2.14. The van der Waals surface area contributed by atoms with Gasteiger partial charge in [0, 0.05) is 12.6 Å². The van der Waals surface area contributed by atoms with Crippen molar-refractivity contribution in [2.24, 2.45) is 0 Å². The quantitative estimate of drug-likeness (QED) is 0.525. The molecule has 0 aromatic heterocycles. The minimum absolute atomic E-state index is 0.556. The molecule has 1 unspecified atom stereocenters. The Bertz CT molecular complexity index is 147. The van der Waals surface area contributed by atoms with E-state index in [1.165, 1.54) is 0 Å². The van der Waals surface area contributed by atoms with E-state index in [-0.39, 0.29) is 0 Å². The maximum Gasteiger partial charge on any atom is 0.0462 e. The van der Waals surface area contributed by atoms with E-state index in [0.29, 0.717) is 6.04 Å². The smallest absolute Gasteiger partial charge is 0.0462 e. The molecule has 0 fully saturated rings.